The van der Waals surface area contributed by atoms with Crippen molar-refractivity contribution in [1.29, 1.82) is 0 Å². The summed E-state index contributed by atoms with van der Waals surface area (Å²) >= 11 is 6.25. The Morgan fingerprint density at radius 2 is 0.726 bits per heavy atom. The summed E-state index contributed by atoms with van der Waals surface area (Å²) in [5, 5.41) is 65.7. The number of ketones is 1. The van der Waals surface area contributed by atoms with Crippen molar-refractivity contribution in [2.45, 2.75) is 180 Å². The average molecular weight is 1630 g/mol. The SMILES string of the molecule is C.CCc1c(N2C[C@@H]3C(CC(=O)O)[C@@H]3C2)nc(N2C[C@@H](O)[C@@H]2C)nc1C(F)(F)F.COc1c(N2C[C@@H]3C(CC(C)=O)[C@@H]3C2)nc(N2C[C@@H](O)[C@@H]2C)nc1C(F)(F)F.C[C@H]1[C@H](O)CN1c1nc(N2C[C@@H]3C(CC(=O)O)[C@@H]3C2)c(C2CC2)c(C(F)(F)F)n1.C[C@H]1[C@H](O)CN1c1nc(N2C[C@@H]3C(CC(=O)O)[C@@H]3C2)c(Cl)c(C(C)(F)F)n1. The van der Waals surface area contributed by atoms with Gasteiger partial charge in [-0.2, -0.15) is 68.2 Å². The molecule has 0 spiro atoms. The van der Waals surface area contributed by atoms with Crippen LogP contribution in [0, 0.1) is 71.0 Å². The van der Waals surface area contributed by atoms with Gasteiger partial charge in [0.15, 0.2) is 34.5 Å². The van der Waals surface area contributed by atoms with Crippen LogP contribution in [0.15, 0.2) is 0 Å². The van der Waals surface area contributed by atoms with Gasteiger partial charge in [-0.15, -0.1) is 0 Å². The molecule has 4 aromatic heterocycles. The fourth-order valence-electron chi connectivity index (χ4n) is 18.2. The van der Waals surface area contributed by atoms with Crippen LogP contribution in [0.2, 0.25) is 5.02 Å². The maximum Gasteiger partial charge on any atom is 0.437 e. The van der Waals surface area contributed by atoms with E-state index >= 15 is 0 Å². The molecular weight excluding hydrogens is 1540 g/mol. The molecule has 5 aliphatic carbocycles. The van der Waals surface area contributed by atoms with E-state index in [1.165, 1.54) is 7.11 Å². The highest BCUT2D eigenvalue weighted by Gasteiger charge is 2.61. The number of carbonyl (C=O) groups is 4. The number of carbonyl (C=O) groups excluding carboxylic acids is 1. The molecule has 40 heteroatoms. The summed E-state index contributed by atoms with van der Waals surface area (Å²) in [4.78, 5) is 91.1. The van der Waals surface area contributed by atoms with Crippen LogP contribution in [-0.4, -0.2) is 234 Å². The molecule has 20 atom stereocenters. The van der Waals surface area contributed by atoms with Gasteiger partial charge < -0.3 is 84.5 Å². The first-order valence-electron chi connectivity index (χ1n) is 37.8. The minimum absolute atomic E-state index is 0. The Bertz CT molecular complexity index is 4140. The van der Waals surface area contributed by atoms with E-state index in [2.05, 4.69) is 39.9 Å². The smallest absolute Gasteiger partial charge is 0.437 e. The fourth-order valence-corrected chi connectivity index (χ4v) is 18.6. The Morgan fingerprint density at radius 3 is 1.03 bits per heavy atom. The maximum atomic E-state index is 14.1. The molecule has 13 aliphatic rings. The quantitative estimate of drug-likeness (QED) is 0.0410. The summed E-state index contributed by atoms with van der Waals surface area (Å²) in [6, 6.07) is -1.28. The highest BCUT2D eigenvalue weighted by molar-refractivity contribution is 6.33. The second-order valence-corrected chi connectivity index (χ2v) is 33.0. The Hall–Kier alpha value is -8.04. The van der Waals surface area contributed by atoms with Gasteiger partial charge >= 0.3 is 36.4 Å². The molecule has 8 saturated heterocycles. The predicted molar refractivity (Wildman–Crippen MR) is 386 cm³/mol. The first-order chi connectivity index (χ1) is 52.4. The Labute approximate surface area is 648 Å². The number of aliphatic hydroxyl groups excluding tert-OH is 4. The molecule has 12 heterocycles. The van der Waals surface area contributed by atoms with Crippen molar-refractivity contribution in [3.63, 3.8) is 0 Å². The molecule has 7 N–H and O–H groups in total. The summed E-state index contributed by atoms with van der Waals surface area (Å²) in [6.07, 6.45) is -13.8. The van der Waals surface area contributed by atoms with Gasteiger partial charge in [-0.25, -0.2) is 19.9 Å². The first-order valence-corrected chi connectivity index (χ1v) is 38.2. The van der Waals surface area contributed by atoms with Gasteiger partial charge in [0.25, 0.3) is 5.92 Å². The Balaban J connectivity index is 0.000000131. The lowest BCUT2D eigenvalue weighted by Crippen LogP contribution is -2.59. The van der Waals surface area contributed by atoms with Crippen LogP contribution in [0.1, 0.15) is 134 Å². The van der Waals surface area contributed by atoms with Gasteiger partial charge in [0.05, 0.1) is 55.7 Å². The van der Waals surface area contributed by atoms with Crippen molar-refractivity contribution in [2.24, 2.45) is 71.0 Å². The lowest BCUT2D eigenvalue weighted by Gasteiger charge is -2.43. The fraction of sp³-hybridized carbons (Fsp3) is 0.726. The van der Waals surface area contributed by atoms with Crippen LogP contribution in [-0.2, 0) is 50.1 Å². The number of carboxylic acids is 3. The van der Waals surface area contributed by atoms with E-state index in [1.807, 2.05) is 14.7 Å². The maximum absolute atomic E-state index is 14.1. The average Bonchev–Trinajstić information content (AvgIpc) is 1.59. The molecule has 28 nitrogen and oxygen atoms in total. The van der Waals surface area contributed by atoms with Crippen molar-refractivity contribution in [3.8, 4) is 5.75 Å². The van der Waals surface area contributed by atoms with Crippen molar-refractivity contribution >= 4 is 82.4 Å². The van der Waals surface area contributed by atoms with Crippen LogP contribution in [0.5, 0.6) is 5.75 Å². The zero-order chi connectivity index (χ0) is 81.1. The molecule has 17 rings (SSSR count). The number of alkyl halides is 11. The number of Topliss-reactive ketones (excluding diaryl/α,β-unsaturated/α-hetero) is 1. The van der Waals surface area contributed by atoms with E-state index < -0.39 is 89.6 Å². The molecule has 0 aromatic carbocycles. The number of piperidine rings is 4. The predicted octanol–water partition coefficient (Wildman–Crippen LogP) is 8.22. The van der Waals surface area contributed by atoms with Gasteiger partial charge in [-0.3, -0.25) is 14.4 Å². The minimum atomic E-state index is -4.69. The third kappa shape index (κ3) is 16.1. The van der Waals surface area contributed by atoms with Gasteiger partial charge in [0, 0.05) is 122 Å². The van der Waals surface area contributed by atoms with Crippen LogP contribution < -0.4 is 43.9 Å². The monoisotopic (exact) mass is 1630 g/mol. The molecule has 0 bridgehead atoms. The molecule has 5 saturated carbocycles. The van der Waals surface area contributed by atoms with Crippen molar-refractivity contribution < 1.29 is 108 Å². The van der Waals surface area contributed by atoms with E-state index in [-0.39, 0.29) is 212 Å². The molecular formula is C73H94ClF11N16O12. The van der Waals surface area contributed by atoms with Gasteiger partial charge in [-0.1, -0.05) is 26.0 Å². The number of rotatable bonds is 20. The molecule has 0 amide bonds. The third-order valence-electron chi connectivity index (χ3n) is 25.5. The minimum Gasteiger partial charge on any atom is -0.491 e. The summed E-state index contributed by atoms with van der Waals surface area (Å²) < 4.78 is 157. The summed E-state index contributed by atoms with van der Waals surface area (Å²) in [5.74, 6) is -2.54. The van der Waals surface area contributed by atoms with Crippen LogP contribution >= 0.6 is 11.6 Å². The summed E-state index contributed by atoms with van der Waals surface area (Å²) in [5.41, 5.74) is -3.17. The topological polar surface area (TPSA) is 348 Å². The number of aliphatic hydroxyl groups is 4. The lowest BCUT2D eigenvalue weighted by molar-refractivity contribution is -0.143. The molecule has 4 unspecified atom stereocenters. The molecule has 4 aromatic rings. The largest absolute Gasteiger partial charge is 0.491 e. The number of carboxylic acid groups (broad SMARTS) is 3. The second-order valence-electron chi connectivity index (χ2n) is 32.7. The van der Waals surface area contributed by atoms with Crippen molar-refractivity contribution in [2.75, 3.05) is 125 Å². The van der Waals surface area contributed by atoms with Crippen LogP contribution in [0.4, 0.5) is 95.4 Å². The highest BCUT2D eigenvalue weighted by atomic mass is 35.5. The number of fused-ring (bicyclic) bond motifs is 4. The van der Waals surface area contributed by atoms with Gasteiger partial charge in [-0.05, 0) is 131 Å². The first kappa shape index (κ1) is 82.9. The van der Waals surface area contributed by atoms with E-state index in [1.54, 1.807) is 66.0 Å². The third-order valence-corrected chi connectivity index (χ3v) is 25.9. The van der Waals surface area contributed by atoms with Gasteiger partial charge in [0.2, 0.25) is 23.8 Å². The molecule has 8 aliphatic heterocycles. The molecule has 622 valence electrons. The van der Waals surface area contributed by atoms with Crippen molar-refractivity contribution in [3.05, 3.63) is 38.9 Å². The van der Waals surface area contributed by atoms with E-state index in [0.717, 1.165) is 6.92 Å². The summed E-state index contributed by atoms with van der Waals surface area (Å²) in [6.45, 7) is 16.1. The lowest BCUT2D eigenvalue weighted by atomic mass is 10.0. The number of hydrogen-bond acceptors (Lipinski definition) is 25. The molecule has 13 fully saturated rings. The number of halogens is 12. The molecule has 113 heavy (non-hydrogen) atoms. The second kappa shape index (κ2) is 30.2. The van der Waals surface area contributed by atoms with Crippen LogP contribution in [0.25, 0.3) is 0 Å². The standard InChI is InChI=1S/C19H23F3N4O3.2C18H23F3N4O3.C17H21ClF2N4O3.CH4/c1-8-13(27)7-26(8)18-23-16(19(20,21)22)15(9-2-3-9)17(24-18)25-5-11-10(4-14(28)29)12(11)6-25;1-8(26)4-10-11-5-24(6-12(10)11)16-14(28-3)15(18(19,20)21)22-17(23-16)25-7-13(27)9(25)2;1-3-9-15(18(19,20)21)22-17(25-7-13(26)8(25)2)23-16(9)24-5-11-10(4-14(27)28)12(11)6-24;1-7-11(25)6-24(7)16-21-14(17(2,19)20)13(18)15(22-16)23-4-9-8(3-12(26)27)10(9)5-23;/h8-13,27H,2-7H2,1H3,(H,28,29);9-13,27H,4-7H2,1-3H3;8,10-13,26H,3-7H2,1-2H3,(H,27,28);7-11,25H,3-6H2,1-2H3,(H,26,27);1H4/t8-,10?,11-,12+,13+;9-,10?,11-,12+,13+;8-,10?,11-,12+,13+;7-,8?,9-,10+,11+;/m0000./s1. The number of aromatic nitrogens is 8. The van der Waals surface area contributed by atoms with Gasteiger partial charge in [0.1, 0.15) is 28.1 Å². The number of aliphatic carboxylic acids is 3. The van der Waals surface area contributed by atoms with Crippen molar-refractivity contribution in [1.82, 2.24) is 39.9 Å². The van der Waals surface area contributed by atoms with E-state index in [4.69, 9.17) is 31.7 Å². The highest BCUT2D eigenvalue weighted by Crippen LogP contribution is 2.60. The normalized spacial score (nSPS) is 31.9. The number of anilines is 8. The molecule has 0 radical (unpaired) electrons. The number of methoxy groups -OCH3 is 1. The number of β-amino-alcohol motifs (C(OH)–C–C–N with tert-alkyl or cyclic N) is 4. The number of nitrogens with zero attached hydrogens (tertiary/aromatic N) is 16. The summed E-state index contributed by atoms with van der Waals surface area (Å²) in [7, 11) is 1.18. The number of ether oxygens (including phenoxy) is 1. The zero-order valence-electron chi connectivity index (χ0n) is 62.4. The Morgan fingerprint density at radius 1 is 0.434 bits per heavy atom. The van der Waals surface area contributed by atoms with E-state index in [9.17, 15) is 87.9 Å². The number of hydrogen-bond donors (Lipinski definition) is 7. The van der Waals surface area contributed by atoms with E-state index in [0.29, 0.717) is 95.2 Å². The Kier molecular flexibility index (Phi) is 22.2. The zero-order valence-corrected chi connectivity index (χ0v) is 63.2. The van der Waals surface area contributed by atoms with Crippen LogP contribution in [0.3, 0.4) is 0 Å².